The second kappa shape index (κ2) is 4.60. The summed E-state index contributed by atoms with van der Waals surface area (Å²) < 4.78 is 0. The highest BCUT2D eigenvalue weighted by atomic mass is 32.1. The molecule has 1 fully saturated rings. The molecule has 0 bridgehead atoms. The molecule has 6 heteroatoms. The molecule has 1 atom stereocenters. The van der Waals surface area contributed by atoms with Crippen LogP contribution in [0.1, 0.15) is 11.3 Å². The molecular formula is C10H12N4OS. The molecule has 1 aromatic heterocycles. The second-order valence-electron chi connectivity index (χ2n) is 3.72. The third-order valence-corrected chi connectivity index (χ3v) is 3.43. The van der Waals surface area contributed by atoms with Gasteiger partial charge in [0.1, 0.15) is 0 Å². The van der Waals surface area contributed by atoms with Gasteiger partial charge in [-0.05, 0) is 19.9 Å². The maximum Gasteiger partial charge on any atom is 0.246 e. The Balaban J connectivity index is 2.16. The SMILES string of the molecule is Cc1cnc(N(C#N)C(=O)C2CCNC2)s1. The van der Waals surface area contributed by atoms with Crippen molar-refractivity contribution >= 4 is 22.4 Å². The van der Waals surface area contributed by atoms with Crippen molar-refractivity contribution in [1.29, 1.82) is 5.26 Å². The van der Waals surface area contributed by atoms with Crippen LogP contribution in [0, 0.1) is 24.3 Å². The van der Waals surface area contributed by atoms with Gasteiger partial charge in [0, 0.05) is 17.6 Å². The van der Waals surface area contributed by atoms with Gasteiger partial charge >= 0.3 is 0 Å². The minimum Gasteiger partial charge on any atom is -0.316 e. The van der Waals surface area contributed by atoms with Crippen LogP contribution in [-0.2, 0) is 4.79 Å². The van der Waals surface area contributed by atoms with Crippen LogP contribution in [0.4, 0.5) is 5.13 Å². The van der Waals surface area contributed by atoms with E-state index in [1.54, 1.807) is 6.20 Å². The molecule has 0 aliphatic carbocycles. The Kier molecular flexibility index (Phi) is 3.17. The maximum absolute atomic E-state index is 12.0. The molecule has 1 aliphatic rings. The summed E-state index contributed by atoms with van der Waals surface area (Å²) in [6.45, 7) is 3.40. The van der Waals surface area contributed by atoms with Crippen LogP contribution in [0.3, 0.4) is 0 Å². The number of hydrogen-bond donors (Lipinski definition) is 1. The maximum atomic E-state index is 12.0. The van der Waals surface area contributed by atoms with Crippen LogP contribution < -0.4 is 10.2 Å². The fraction of sp³-hybridized carbons (Fsp3) is 0.500. The lowest BCUT2D eigenvalue weighted by molar-refractivity contribution is -0.121. The molecule has 0 radical (unpaired) electrons. The highest BCUT2D eigenvalue weighted by Crippen LogP contribution is 2.23. The van der Waals surface area contributed by atoms with Gasteiger partial charge in [0.15, 0.2) is 6.19 Å². The number of aryl methyl sites for hydroxylation is 1. The number of aromatic nitrogens is 1. The first-order valence-corrected chi connectivity index (χ1v) is 5.91. The van der Waals surface area contributed by atoms with Crippen molar-refractivity contribution in [2.24, 2.45) is 5.92 Å². The van der Waals surface area contributed by atoms with E-state index in [2.05, 4.69) is 10.3 Å². The number of nitriles is 1. The zero-order valence-corrected chi connectivity index (χ0v) is 9.75. The largest absolute Gasteiger partial charge is 0.316 e. The van der Waals surface area contributed by atoms with E-state index in [0.717, 1.165) is 22.7 Å². The van der Waals surface area contributed by atoms with Crippen molar-refractivity contribution in [1.82, 2.24) is 10.3 Å². The molecule has 84 valence electrons. The fourth-order valence-corrected chi connectivity index (χ4v) is 2.40. The third kappa shape index (κ3) is 2.05. The molecule has 1 aliphatic heterocycles. The van der Waals surface area contributed by atoms with Gasteiger partial charge in [-0.1, -0.05) is 0 Å². The summed E-state index contributed by atoms with van der Waals surface area (Å²) in [5.41, 5.74) is 0. The minimum atomic E-state index is -0.151. The van der Waals surface area contributed by atoms with Crippen LogP contribution in [0.2, 0.25) is 0 Å². The van der Waals surface area contributed by atoms with Crippen LogP contribution in [0.15, 0.2) is 6.20 Å². The zero-order chi connectivity index (χ0) is 11.5. The number of hydrogen-bond acceptors (Lipinski definition) is 5. The van der Waals surface area contributed by atoms with Gasteiger partial charge in [-0.2, -0.15) is 10.2 Å². The molecule has 1 unspecified atom stereocenters. The van der Waals surface area contributed by atoms with Crippen LogP contribution in [0.25, 0.3) is 0 Å². The van der Waals surface area contributed by atoms with E-state index in [1.807, 2.05) is 13.1 Å². The van der Waals surface area contributed by atoms with Crippen molar-refractivity contribution in [3.8, 4) is 6.19 Å². The molecule has 0 saturated carbocycles. The standard InChI is InChI=1S/C10H12N4OS/c1-7-4-13-10(16-7)14(6-11)9(15)8-2-3-12-5-8/h4,8,12H,2-3,5H2,1H3. The minimum absolute atomic E-state index is 0.0937. The molecule has 1 aromatic rings. The first-order chi connectivity index (χ1) is 7.72. The Morgan fingerprint density at radius 2 is 2.62 bits per heavy atom. The Labute approximate surface area is 97.7 Å². The highest BCUT2D eigenvalue weighted by Gasteiger charge is 2.29. The Bertz CT molecular complexity index is 430. The number of carbonyl (C=O) groups excluding carboxylic acids is 1. The van der Waals surface area contributed by atoms with Gasteiger partial charge in [-0.15, -0.1) is 11.3 Å². The average molecular weight is 236 g/mol. The summed E-state index contributed by atoms with van der Waals surface area (Å²) in [5, 5.41) is 12.6. The van der Waals surface area contributed by atoms with Crippen molar-refractivity contribution in [2.45, 2.75) is 13.3 Å². The zero-order valence-electron chi connectivity index (χ0n) is 8.93. The van der Waals surface area contributed by atoms with Crippen LogP contribution >= 0.6 is 11.3 Å². The molecule has 2 rings (SSSR count). The van der Waals surface area contributed by atoms with E-state index < -0.39 is 0 Å². The lowest BCUT2D eigenvalue weighted by Gasteiger charge is -2.14. The van der Waals surface area contributed by atoms with E-state index in [1.165, 1.54) is 11.3 Å². The smallest absolute Gasteiger partial charge is 0.246 e. The lowest BCUT2D eigenvalue weighted by Crippen LogP contribution is -2.33. The molecule has 0 spiro atoms. The van der Waals surface area contributed by atoms with Crippen LogP contribution in [0.5, 0.6) is 0 Å². The summed E-state index contributed by atoms with van der Waals surface area (Å²) in [6.07, 6.45) is 4.38. The van der Waals surface area contributed by atoms with Gasteiger partial charge < -0.3 is 5.32 Å². The number of nitrogens with one attached hydrogen (secondary N) is 1. The quantitative estimate of drug-likeness (QED) is 0.611. The first-order valence-electron chi connectivity index (χ1n) is 5.09. The number of rotatable bonds is 2. The first kappa shape index (κ1) is 11.0. The molecular weight excluding hydrogens is 224 g/mol. The summed E-state index contributed by atoms with van der Waals surface area (Å²) in [4.78, 5) is 18.2. The highest BCUT2D eigenvalue weighted by molar-refractivity contribution is 7.15. The number of nitrogens with zero attached hydrogens (tertiary/aromatic N) is 3. The number of carbonyl (C=O) groups is 1. The van der Waals surface area contributed by atoms with Crippen molar-refractivity contribution in [3.05, 3.63) is 11.1 Å². The van der Waals surface area contributed by atoms with E-state index in [0.29, 0.717) is 11.7 Å². The van der Waals surface area contributed by atoms with Crippen molar-refractivity contribution in [2.75, 3.05) is 18.0 Å². The second-order valence-corrected chi connectivity index (χ2v) is 4.93. The monoisotopic (exact) mass is 236 g/mol. The van der Waals surface area contributed by atoms with Gasteiger partial charge in [0.25, 0.3) is 0 Å². The van der Waals surface area contributed by atoms with Crippen molar-refractivity contribution < 1.29 is 4.79 Å². The van der Waals surface area contributed by atoms with E-state index in [4.69, 9.17) is 5.26 Å². The summed E-state index contributed by atoms with van der Waals surface area (Å²) in [5.74, 6) is -0.245. The summed E-state index contributed by atoms with van der Waals surface area (Å²) in [6, 6.07) is 0. The van der Waals surface area contributed by atoms with Gasteiger partial charge in [-0.25, -0.2) is 4.98 Å². The van der Waals surface area contributed by atoms with Crippen LogP contribution in [-0.4, -0.2) is 24.0 Å². The van der Waals surface area contributed by atoms with Gasteiger partial charge in [0.05, 0.1) is 5.92 Å². The van der Waals surface area contributed by atoms with Gasteiger partial charge in [0.2, 0.25) is 11.0 Å². The molecule has 2 heterocycles. The van der Waals surface area contributed by atoms with Crippen molar-refractivity contribution in [3.63, 3.8) is 0 Å². The predicted molar refractivity (Wildman–Crippen MR) is 60.9 cm³/mol. The normalized spacial score (nSPS) is 19.4. The Morgan fingerprint density at radius 3 is 3.12 bits per heavy atom. The lowest BCUT2D eigenvalue weighted by atomic mass is 10.1. The Hall–Kier alpha value is -1.45. The average Bonchev–Trinajstić information content (AvgIpc) is 2.90. The fourth-order valence-electron chi connectivity index (χ4n) is 1.68. The number of thiazole rings is 1. The third-order valence-electron chi connectivity index (χ3n) is 2.53. The number of anilines is 1. The van der Waals surface area contributed by atoms with E-state index >= 15 is 0 Å². The molecule has 1 N–H and O–H groups in total. The predicted octanol–water partition coefficient (Wildman–Crippen LogP) is 0.875. The molecule has 5 nitrogen and oxygen atoms in total. The molecule has 0 aromatic carbocycles. The summed E-state index contributed by atoms with van der Waals surface area (Å²) >= 11 is 1.36. The number of amides is 1. The Morgan fingerprint density at radius 1 is 1.81 bits per heavy atom. The molecule has 1 saturated heterocycles. The molecule has 1 amide bonds. The van der Waals surface area contributed by atoms with E-state index in [-0.39, 0.29) is 11.8 Å². The topological polar surface area (TPSA) is 69.0 Å². The van der Waals surface area contributed by atoms with Gasteiger partial charge in [-0.3, -0.25) is 4.79 Å². The van der Waals surface area contributed by atoms with E-state index in [9.17, 15) is 4.79 Å². The molecule has 16 heavy (non-hydrogen) atoms. The summed E-state index contributed by atoms with van der Waals surface area (Å²) in [7, 11) is 0.